The number of anilines is 3. The Bertz CT molecular complexity index is 1310. The van der Waals surface area contributed by atoms with E-state index in [9.17, 15) is 0 Å². The molecule has 5 aromatic carbocycles. The van der Waals surface area contributed by atoms with Crippen molar-refractivity contribution in [3.63, 3.8) is 0 Å². The van der Waals surface area contributed by atoms with Crippen molar-refractivity contribution in [2.24, 2.45) is 0 Å². The Labute approximate surface area is 185 Å². The van der Waals surface area contributed by atoms with Gasteiger partial charge in [-0.1, -0.05) is 88.7 Å². The maximum atomic E-state index is 3.59. The molecule has 5 rings (SSSR count). The van der Waals surface area contributed by atoms with Crippen LogP contribution >= 0.6 is 15.9 Å². The highest BCUT2D eigenvalue weighted by atomic mass is 79.9. The highest BCUT2D eigenvalue weighted by molar-refractivity contribution is 9.10. The molecule has 144 valence electrons. The summed E-state index contributed by atoms with van der Waals surface area (Å²) < 4.78 is 1.08. The third-order valence-electron chi connectivity index (χ3n) is 5.27. The summed E-state index contributed by atoms with van der Waals surface area (Å²) in [6.07, 6.45) is 0. The van der Waals surface area contributed by atoms with Crippen LogP contribution in [0.5, 0.6) is 0 Å². The van der Waals surface area contributed by atoms with Gasteiger partial charge in [0.25, 0.3) is 0 Å². The van der Waals surface area contributed by atoms with Gasteiger partial charge < -0.3 is 4.90 Å². The van der Waals surface area contributed by atoms with Gasteiger partial charge in [0.15, 0.2) is 0 Å². The molecule has 0 aliphatic heterocycles. The first-order valence-corrected chi connectivity index (χ1v) is 10.8. The van der Waals surface area contributed by atoms with Crippen LogP contribution in [0.3, 0.4) is 0 Å². The van der Waals surface area contributed by atoms with E-state index < -0.39 is 0 Å². The van der Waals surface area contributed by atoms with Gasteiger partial charge in [0.2, 0.25) is 0 Å². The molecule has 2 heteroatoms. The minimum atomic E-state index is 1.08. The Kier molecular flexibility index (Phi) is 5.08. The van der Waals surface area contributed by atoms with Crippen LogP contribution in [0.1, 0.15) is 0 Å². The fourth-order valence-electron chi connectivity index (χ4n) is 3.83. The van der Waals surface area contributed by atoms with Crippen molar-refractivity contribution in [3.05, 3.63) is 126 Å². The molecule has 30 heavy (non-hydrogen) atoms. The van der Waals surface area contributed by atoms with Gasteiger partial charge in [-0.2, -0.15) is 0 Å². The second-order valence-corrected chi connectivity index (χ2v) is 8.18. The summed E-state index contributed by atoms with van der Waals surface area (Å²) >= 11 is 3.59. The molecule has 0 unspecified atom stereocenters. The summed E-state index contributed by atoms with van der Waals surface area (Å²) in [6, 6.07) is 42.8. The normalized spacial score (nSPS) is 10.8. The lowest BCUT2D eigenvalue weighted by Gasteiger charge is -2.26. The van der Waals surface area contributed by atoms with Gasteiger partial charge in [-0.3, -0.25) is 0 Å². The van der Waals surface area contributed by atoms with Gasteiger partial charge in [-0.15, -0.1) is 0 Å². The summed E-state index contributed by atoms with van der Waals surface area (Å²) in [6.45, 7) is 0. The predicted molar refractivity (Wildman–Crippen MR) is 132 cm³/mol. The van der Waals surface area contributed by atoms with Crippen molar-refractivity contribution in [1.82, 2.24) is 0 Å². The Morgan fingerprint density at radius 2 is 1.07 bits per heavy atom. The molecule has 0 N–H and O–H groups in total. The Morgan fingerprint density at radius 3 is 1.87 bits per heavy atom. The monoisotopic (exact) mass is 449 g/mol. The summed E-state index contributed by atoms with van der Waals surface area (Å²) in [5.41, 5.74) is 5.80. The lowest BCUT2D eigenvalue weighted by molar-refractivity contribution is 1.29. The number of hydrogen-bond donors (Lipinski definition) is 0. The summed E-state index contributed by atoms with van der Waals surface area (Å²) in [4.78, 5) is 2.31. The van der Waals surface area contributed by atoms with Gasteiger partial charge in [0.1, 0.15) is 0 Å². The van der Waals surface area contributed by atoms with E-state index in [1.165, 1.54) is 21.9 Å². The van der Waals surface area contributed by atoms with Crippen molar-refractivity contribution >= 4 is 43.8 Å². The maximum absolute atomic E-state index is 3.59. The zero-order chi connectivity index (χ0) is 20.3. The first kappa shape index (κ1) is 18.7. The summed E-state index contributed by atoms with van der Waals surface area (Å²) in [5, 5.41) is 2.48. The first-order valence-electron chi connectivity index (χ1n) is 9.98. The molecule has 5 aromatic rings. The molecule has 0 aliphatic carbocycles. The van der Waals surface area contributed by atoms with Crippen LogP contribution in [0.2, 0.25) is 0 Å². The Balaban J connectivity index is 1.67. The number of benzene rings is 5. The highest BCUT2D eigenvalue weighted by Gasteiger charge is 2.13. The van der Waals surface area contributed by atoms with Gasteiger partial charge in [0, 0.05) is 21.5 Å². The number of halogens is 1. The van der Waals surface area contributed by atoms with E-state index in [1.54, 1.807) is 0 Å². The third kappa shape index (κ3) is 3.74. The maximum Gasteiger partial charge on any atom is 0.0468 e. The van der Waals surface area contributed by atoms with Crippen molar-refractivity contribution < 1.29 is 0 Å². The van der Waals surface area contributed by atoms with Crippen LogP contribution in [0.4, 0.5) is 17.1 Å². The fraction of sp³-hybridized carbons (Fsp3) is 0. The van der Waals surface area contributed by atoms with E-state index in [0.29, 0.717) is 0 Å². The van der Waals surface area contributed by atoms with Gasteiger partial charge in [-0.05, 0) is 70.4 Å². The average molecular weight is 450 g/mol. The van der Waals surface area contributed by atoms with Crippen LogP contribution in [-0.2, 0) is 0 Å². The smallest absolute Gasteiger partial charge is 0.0468 e. The van der Waals surface area contributed by atoms with Crippen LogP contribution in [0.15, 0.2) is 126 Å². The number of para-hydroxylation sites is 1. The molecule has 0 radical (unpaired) electrons. The number of fused-ring (bicyclic) bond motifs is 1. The molecular weight excluding hydrogens is 430 g/mol. The molecule has 0 bridgehead atoms. The highest BCUT2D eigenvalue weighted by Crippen LogP contribution is 2.37. The third-order valence-corrected chi connectivity index (χ3v) is 5.76. The van der Waals surface area contributed by atoms with Gasteiger partial charge >= 0.3 is 0 Å². The Hall–Kier alpha value is -3.36. The van der Waals surface area contributed by atoms with E-state index >= 15 is 0 Å². The minimum Gasteiger partial charge on any atom is -0.310 e. The molecule has 0 fully saturated rings. The number of hydrogen-bond acceptors (Lipinski definition) is 1. The first-order chi connectivity index (χ1) is 14.8. The molecule has 0 saturated heterocycles. The lowest BCUT2D eigenvalue weighted by Crippen LogP contribution is -2.09. The molecule has 0 aliphatic rings. The minimum absolute atomic E-state index is 1.08. The topological polar surface area (TPSA) is 3.24 Å². The quantitative estimate of drug-likeness (QED) is 0.265. The van der Waals surface area contributed by atoms with E-state index in [1.807, 2.05) is 0 Å². The van der Waals surface area contributed by atoms with Crippen molar-refractivity contribution in [2.75, 3.05) is 4.90 Å². The van der Waals surface area contributed by atoms with Crippen LogP contribution in [0.25, 0.3) is 21.9 Å². The SMILES string of the molecule is Brc1cccc(-c2cccc(N(c3ccccc3)c3ccc4ccccc4c3)c2)c1. The molecular formula is C28H20BrN. The largest absolute Gasteiger partial charge is 0.310 e. The van der Waals surface area contributed by atoms with Crippen LogP contribution in [-0.4, -0.2) is 0 Å². The molecule has 0 amide bonds. The van der Waals surface area contributed by atoms with Gasteiger partial charge in [0.05, 0.1) is 0 Å². The van der Waals surface area contributed by atoms with E-state index in [2.05, 4.69) is 142 Å². The zero-order valence-corrected chi connectivity index (χ0v) is 18.0. The van der Waals surface area contributed by atoms with Crippen molar-refractivity contribution in [3.8, 4) is 11.1 Å². The number of rotatable bonds is 4. The average Bonchev–Trinajstić information content (AvgIpc) is 2.80. The second kappa shape index (κ2) is 8.17. The number of nitrogens with zero attached hydrogens (tertiary/aromatic N) is 1. The van der Waals surface area contributed by atoms with E-state index in [0.717, 1.165) is 21.5 Å². The van der Waals surface area contributed by atoms with Crippen LogP contribution < -0.4 is 4.90 Å². The standard InChI is InChI=1S/C28H20BrN/c29-25-12-6-10-22(18-25)24-11-7-15-27(20-24)30(26-13-2-1-3-14-26)28-17-16-21-8-4-5-9-23(21)19-28/h1-20H. The van der Waals surface area contributed by atoms with Crippen LogP contribution in [0, 0.1) is 0 Å². The molecule has 0 aromatic heterocycles. The lowest BCUT2D eigenvalue weighted by atomic mass is 10.0. The van der Waals surface area contributed by atoms with Crippen molar-refractivity contribution in [1.29, 1.82) is 0 Å². The molecule has 0 spiro atoms. The molecule has 0 atom stereocenters. The second-order valence-electron chi connectivity index (χ2n) is 7.26. The molecule has 1 nitrogen and oxygen atoms in total. The summed E-state index contributed by atoms with van der Waals surface area (Å²) in [5.74, 6) is 0. The summed E-state index contributed by atoms with van der Waals surface area (Å²) in [7, 11) is 0. The fourth-order valence-corrected chi connectivity index (χ4v) is 4.23. The van der Waals surface area contributed by atoms with E-state index in [4.69, 9.17) is 0 Å². The zero-order valence-electron chi connectivity index (χ0n) is 16.4. The Morgan fingerprint density at radius 1 is 0.433 bits per heavy atom. The van der Waals surface area contributed by atoms with E-state index in [-0.39, 0.29) is 0 Å². The van der Waals surface area contributed by atoms with Gasteiger partial charge in [-0.25, -0.2) is 0 Å². The molecule has 0 heterocycles. The van der Waals surface area contributed by atoms with Crippen molar-refractivity contribution in [2.45, 2.75) is 0 Å². The predicted octanol–water partition coefficient (Wildman–Crippen LogP) is 8.74. The molecule has 0 saturated carbocycles.